The van der Waals surface area contributed by atoms with E-state index in [0.29, 0.717) is 0 Å². The van der Waals surface area contributed by atoms with E-state index >= 15 is 0 Å². The van der Waals surface area contributed by atoms with Crippen LogP contribution in [0.1, 0.15) is 0 Å². The van der Waals surface area contributed by atoms with Crippen molar-refractivity contribution >= 4 is 0 Å². The molecule has 2 heteroatoms. The smallest absolute Gasteiger partial charge is 0.217 e. The van der Waals surface area contributed by atoms with Crippen LogP contribution in [0.4, 0.5) is 0 Å². The normalized spacial score (nSPS) is 9.33. The Morgan fingerprint density at radius 3 is 2.50 bits per heavy atom. The van der Waals surface area contributed by atoms with Gasteiger partial charge in [0.1, 0.15) is 0 Å². The summed E-state index contributed by atoms with van der Waals surface area (Å²) in [6.07, 6.45) is 3.29. The maximum atomic E-state index is 5.17. The Balaban J connectivity index is 0.00000121. The molecule has 0 amide bonds. The van der Waals surface area contributed by atoms with Crippen LogP contribution in [0, 0.1) is 14.2 Å². The summed E-state index contributed by atoms with van der Waals surface area (Å²) >= 11 is -0.0964. The van der Waals surface area contributed by atoms with Gasteiger partial charge in [0.25, 0.3) is 0 Å². The molecule has 0 aliphatic carbocycles. The number of hydrogen-bond acceptors (Lipinski definition) is 0. The fourth-order valence-corrected chi connectivity index (χ4v) is 2.13. The van der Waals surface area contributed by atoms with Crippen LogP contribution >= 0.6 is 0 Å². The third-order valence-corrected chi connectivity index (χ3v) is 3.07. The first-order chi connectivity index (χ1) is 5.43. The van der Waals surface area contributed by atoms with E-state index in [9.17, 15) is 0 Å². The van der Waals surface area contributed by atoms with Gasteiger partial charge in [-0.05, 0) is 12.1 Å². The van der Waals surface area contributed by atoms with E-state index < -0.39 is 0 Å². The summed E-state index contributed by atoms with van der Waals surface area (Å²) in [6.45, 7) is 5.17. The molecule has 0 spiro atoms. The summed E-state index contributed by atoms with van der Waals surface area (Å²) in [7, 11) is 0. The summed E-state index contributed by atoms with van der Waals surface area (Å²) < 4.78 is 4.52. The SMILES string of the molecule is [CH-]=CC=[C-][I+]c1ccccc1.[Y]. The van der Waals surface area contributed by atoms with Gasteiger partial charge in [0.2, 0.25) is 21.2 Å². The Labute approximate surface area is 109 Å². The molecule has 0 aliphatic heterocycles. The molecule has 0 unspecified atom stereocenters. The Morgan fingerprint density at radius 2 is 1.92 bits per heavy atom. The second kappa shape index (κ2) is 8.15. The van der Waals surface area contributed by atoms with Crippen molar-refractivity contribution in [2.24, 2.45) is 0 Å². The van der Waals surface area contributed by atoms with Crippen LogP contribution in [0.2, 0.25) is 0 Å². The molecule has 0 N–H and O–H groups in total. The van der Waals surface area contributed by atoms with Crippen LogP contribution in [0.25, 0.3) is 0 Å². The zero-order valence-electron chi connectivity index (χ0n) is 6.57. The maximum absolute atomic E-state index is 5.17. The predicted octanol–water partition coefficient (Wildman–Crippen LogP) is -0.751. The van der Waals surface area contributed by atoms with E-state index in [1.54, 1.807) is 6.08 Å². The third kappa shape index (κ3) is 5.23. The summed E-state index contributed by atoms with van der Waals surface area (Å²) in [4.78, 5) is 0. The molecule has 0 fully saturated rings. The molecule has 0 atom stereocenters. The standard InChI is InChI=1S/C10H8I.Y/c1-2-3-9-11-10-7-5-4-6-8-10;/h1-8H;/q-1;. The maximum Gasteiger partial charge on any atom is 0.217 e. The zero-order chi connectivity index (χ0) is 7.94. The molecule has 0 bridgehead atoms. The quantitative estimate of drug-likeness (QED) is 0.385. The molecule has 0 nitrogen and oxygen atoms in total. The van der Waals surface area contributed by atoms with Crippen LogP contribution in [0.3, 0.4) is 0 Å². The molecule has 0 aliphatic rings. The number of rotatable bonds is 3. The van der Waals surface area contributed by atoms with Crippen molar-refractivity contribution < 1.29 is 53.9 Å². The molecule has 0 aromatic heterocycles. The van der Waals surface area contributed by atoms with Crippen molar-refractivity contribution in [1.82, 2.24) is 0 Å². The first kappa shape index (κ1) is 12.5. The van der Waals surface area contributed by atoms with Crippen molar-refractivity contribution in [3.8, 4) is 0 Å². The number of hydrogen-bond donors (Lipinski definition) is 0. The number of halogens is 1. The summed E-state index contributed by atoms with van der Waals surface area (Å²) in [5, 5.41) is 0. The van der Waals surface area contributed by atoms with Gasteiger partial charge in [0.05, 0.1) is 0 Å². The van der Waals surface area contributed by atoms with Crippen molar-refractivity contribution in [3.05, 3.63) is 56.7 Å². The predicted molar refractivity (Wildman–Crippen MR) is 41.8 cm³/mol. The minimum atomic E-state index is -0.0964. The van der Waals surface area contributed by atoms with Crippen LogP contribution in [-0.4, -0.2) is 0 Å². The fourth-order valence-electron chi connectivity index (χ4n) is 0.609. The molecule has 59 valence electrons. The Bertz CT molecular complexity index is 241. The first-order valence-corrected chi connectivity index (χ1v) is 5.40. The summed E-state index contributed by atoms with van der Waals surface area (Å²) in [5.41, 5.74) is 0. The van der Waals surface area contributed by atoms with Gasteiger partial charge >= 0.3 is 0 Å². The molecule has 0 heterocycles. The fraction of sp³-hybridized carbons (Fsp3) is 0. The van der Waals surface area contributed by atoms with E-state index in [-0.39, 0.29) is 53.9 Å². The third-order valence-electron chi connectivity index (χ3n) is 1.06. The molecular formula is C10H8IY-. The Kier molecular flexibility index (Phi) is 8.51. The topological polar surface area (TPSA) is 0 Å². The molecule has 1 radical (unpaired) electrons. The van der Waals surface area contributed by atoms with Gasteiger partial charge in [-0.25, -0.2) is 0 Å². The Morgan fingerprint density at radius 1 is 1.25 bits per heavy atom. The molecule has 1 aromatic carbocycles. The van der Waals surface area contributed by atoms with E-state index in [1.165, 1.54) is 9.65 Å². The van der Waals surface area contributed by atoms with E-state index in [2.05, 4.69) is 16.2 Å². The largest absolute Gasteiger partial charge is 0.394 e. The molecule has 0 saturated carbocycles. The van der Waals surface area contributed by atoms with Crippen molar-refractivity contribution in [2.75, 3.05) is 0 Å². The van der Waals surface area contributed by atoms with Gasteiger partial charge in [-0.2, -0.15) is 0 Å². The average Bonchev–Trinajstić information content (AvgIpc) is 2.07. The van der Waals surface area contributed by atoms with Gasteiger partial charge in [-0.3, -0.25) is 0 Å². The van der Waals surface area contributed by atoms with Crippen molar-refractivity contribution in [1.29, 1.82) is 0 Å². The average molecular weight is 344 g/mol. The molecule has 12 heavy (non-hydrogen) atoms. The van der Waals surface area contributed by atoms with Crippen LogP contribution in [0.5, 0.6) is 0 Å². The van der Waals surface area contributed by atoms with Crippen LogP contribution in [-0.2, 0) is 32.7 Å². The van der Waals surface area contributed by atoms with Gasteiger partial charge in [0, 0.05) is 32.7 Å². The minimum Gasteiger partial charge on any atom is -0.394 e. The molecule has 0 saturated heterocycles. The Hall–Kier alpha value is 0.534. The molecule has 1 aromatic rings. The monoisotopic (exact) mass is 344 g/mol. The van der Waals surface area contributed by atoms with Gasteiger partial charge < -0.3 is 18.7 Å². The van der Waals surface area contributed by atoms with E-state index in [0.717, 1.165) is 0 Å². The molecular weight excluding hydrogens is 336 g/mol. The van der Waals surface area contributed by atoms with Crippen molar-refractivity contribution in [2.45, 2.75) is 0 Å². The van der Waals surface area contributed by atoms with E-state index in [1.807, 2.05) is 18.2 Å². The summed E-state index contributed by atoms with van der Waals surface area (Å²) in [6, 6.07) is 10.3. The summed E-state index contributed by atoms with van der Waals surface area (Å²) in [5.74, 6) is 0. The zero-order valence-corrected chi connectivity index (χ0v) is 11.6. The van der Waals surface area contributed by atoms with Gasteiger partial charge in [-0.1, -0.05) is 22.3 Å². The van der Waals surface area contributed by atoms with Crippen LogP contribution < -0.4 is 21.2 Å². The minimum absolute atomic E-state index is 0. The second-order valence-electron chi connectivity index (χ2n) is 1.86. The van der Waals surface area contributed by atoms with Gasteiger partial charge in [-0.15, -0.1) is 0 Å². The molecule has 1 rings (SSSR count). The van der Waals surface area contributed by atoms with Crippen molar-refractivity contribution in [3.63, 3.8) is 0 Å². The number of allylic oxidation sites excluding steroid dienone is 2. The number of benzene rings is 1. The van der Waals surface area contributed by atoms with Crippen LogP contribution in [0.15, 0.2) is 42.5 Å². The van der Waals surface area contributed by atoms with Gasteiger partial charge in [0.15, 0.2) is 3.57 Å². The first-order valence-electron chi connectivity index (χ1n) is 3.24. The second-order valence-corrected chi connectivity index (χ2v) is 4.27. The van der Waals surface area contributed by atoms with E-state index in [4.69, 9.17) is 6.58 Å².